The van der Waals surface area contributed by atoms with Gasteiger partial charge in [0.2, 0.25) is 0 Å². The van der Waals surface area contributed by atoms with Gasteiger partial charge in [0.25, 0.3) is 0 Å². The highest BCUT2D eigenvalue weighted by atomic mass is 19.4. The average molecular weight is 526 g/mol. The molecule has 0 spiro atoms. The molecule has 38 heavy (non-hydrogen) atoms. The number of rotatable bonds is 6. The van der Waals surface area contributed by atoms with Crippen molar-refractivity contribution in [2.75, 3.05) is 26.3 Å². The Balaban J connectivity index is 1.27. The van der Waals surface area contributed by atoms with Crippen LogP contribution in [0.25, 0.3) is 11.4 Å². The van der Waals surface area contributed by atoms with Gasteiger partial charge in [0, 0.05) is 37.9 Å². The fourth-order valence-electron chi connectivity index (χ4n) is 5.28. The number of halogens is 3. The van der Waals surface area contributed by atoms with Crippen molar-refractivity contribution in [3.05, 3.63) is 76.5 Å². The molecular formula is C28H30F3N5O2. The van der Waals surface area contributed by atoms with E-state index in [1.165, 1.54) is 16.5 Å². The molecular weight excluding hydrogens is 495 g/mol. The lowest BCUT2D eigenvalue weighted by molar-refractivity contribution is -0.137. The molecule has 3 aromatic heterocycles. The van der Waals surface area contributed by atoms with Crippen LogP contribution in [0.1, 0.15) is 57.7 Å². The van der Waals surface area contributed by atoms with Crippen molar-refractivity contribution in [3.63, 3.8) is 0 Å². The van der Waals surface area contributed by atoms with Gasteiger partial charge >= 0.3 is 6.18 Å². The topological polar surface area (TPSA) is 73.1 Å². The number of hydrogen-bond donors (Lipinski definition) is 0. The van der Waals surface area contributed by atoms with Gasteiger partial charge in [0.15, 0.2) is 11.6 Å². The first-order valence-corrected chi connectivity index (χ1v) is 12.8. The maximum atomic E-state index is 13.1. The second kappa shape index (κ2) is 10.8. The second-order valence-corrected chi connectivity index (χ2v) is 9.87. The van der Waals surface area contributed by atoms with Gasteiger partial charge in [-0.05, 0) is 61.9 Å². The molecule has 2 aliphatic rings. The highest BCUT2D eigenvalue weighted by molar-refractivity contribution is 5.98. The van der Waals surface area contributed by atoms with Crippen molar-refractivity contribution in [2.45, 2.75) is 51.7 Å². The van der Waals surface area contributed by atoms with Gasteiger partial charge in [-0.2, -0.15) is 18.3 Å². The van der Waals surface area contributed by atoms with Gasteiger partial charge in [-0.3, -0.25) is 14.7 Å². The lowest BCUT2D eigenvalue weighted by atomic mass is 9.90. The highest BCUT2D eigenvalue weighted by Gasteiger charge is 2.31. The van der Waals surface area contributed by atoms with E-state index < -0.39 is 11.7 Å². The largest absolute Gasteiger partial charge is 0.416 e. The van der Waals surface area contributed by atoms with Gasteiger partial charge in [-0.1, -0.05) is 12.1 Å². The van der Waals surface area contributed by atoms with Crippen molar-refractivity contribution < 1.29 is 22.7 Å². The van der Waals surface area contributed by atoms with E-state index >= 15 is 0 Å². The highest BCUT2D eigenvalue weighted by Crippen LogP contribution is 2.31. The number of aromatic nitrogens is 4. The Kier molecular flexibility index (Phi) is 7.45. The van der Waals surface area contributed by atoms with Crippen LogP contribution in [0.2, 0.25) is 0 Å². The summed E-state index contributed by atoms with van der Waals surface area (Å²) in [5.74, 6) is -0.172. The second-order valence-electron chi connectivity index (χ2n) is 9.87. The molecule has 3 aromatic rings. The van der Waals surface area contributed by atoms with Gasteiger partial charge in [-0.15, -0.1) is 0 Å². The van der Waals surface area contributed by atoms with E-state index in [4.69, 9.17) is 9.72 Å². The predicted molar refractivity (Wildman–Crippen MR) is 136 cm³/mol. The van der Waals surface area contributed by atoms with Crippen LogP contribution in [0.5, 0.6) is 0 Å². The van der Waals surface area contributed by atoms with E-state index in [9.17, 15) is 18.0 Å². The van der Waals surface area contributed by atoms with Crippen LogP contribution >= 0.6 is 0 Å². The average Bonchev–Trinajstić information content (AvgIpc) is 3.30. The van der Waals surface area contributed by atoms with Gasteiger partial charge in [0.1, 0.15) is 0 Å². The first kappa shape index (κ1) is 26.2. The first-order chi connectivity index (χ1) is 18.2. The summed E-state index contributed by atoms with van der Waals surface area (Å²) >= 11 is 0. The third kappa shape index (κ3) is 5.56. The molecule has 10 heteroatoms. The number of hydrogen-bond acceptors (Lipinski definition) is 6. The molecule has 1 saturated heterocycles. The Hall–Kier alpha value is -3.37. The van der Waals surface area contributed by atoms with Crippen LogP contribution < -0.4 is 0 Å². The summed E-state index contributed by atoms with van der Waals surface area (Å²) in [7, 11) is 0. The van der Waals surface area contributed by atoms with E-state index in [0.29, 0.717) is 17.3 Å². The number of ether oxygens (including phenoxy) is 1. The minimum absolute atomic E-state index is 0.00912. The molecule has 1 atom stereocenters. The quantitative estimate of drug-likeness (QED) is 0.422. The Morgan fingerprint density at radius 3 is 2.61 bits per heavy atom. The molecule has 1 aliphatic heterocycles. The summed E-state index contributed by atoms with van der Waals surface area (Å²) in [5, 5.41) is 4.14. The van der Waals surface area contributed by atoms with Crippen LogP contribution in [0.4, 0.5) is 13.2 Å². The van der Waals surface area contributed by atoms with Crippen LogP contribution in [0.15, 0.2) is 42.9 Å². The fourth-order valence-corrected chi connectivity index (χ4v) is 5.28. The number of aryl methyl sites for hydroxylation is 1. The van der Waals surface area contributed by atoms with Crippen molar-refractivity contribution in [3.8, 4) is 5.82 Å². The molecule has 0 bridgehead atoms. The molecule has 1 fully saturated rings. The zero-order valence-corrected chi connectivity index (χ0v) is 21.5. The number of morpholine rings is 1. The zero-order chi connectivity index (χ0) is 26.9. The summed E-state index contributed by atoms with van der Waals surface area (Å²) in [6.45, 7) is 7.24. The third-order valence-corrected chi connectivity index (χ3v) is 7.35. The van der Waals surface area contributed by atoms with Crippen LogP contribution in [0, 0.1) is 13.8 Å². The monoisotopic (exact) mass is 525 g/mol. The summed E-state index contributed by atoms with van der Waals surface area (Å²) in [5.41, 5.74) is 3.98. The van der Waals surface area contributed by atoms with Crippen LogP contribution in [0.3, 0.4) is 0 Å². The number of alkyl halides is 3. The van der Waals surface area contributed by atoms with E-state index in [0.717, 1.165) is 80.7 Å². The van der Waals surface area contributed by atoms with Crippen LogP contribution in [-0.2, 0) is 17.3 Å². The molecule has 7 nitrogen and oxygen atoms in total. The van der Waals surface area contributed by atoms with Crippen LogP contribution in [-0.4, -0.2) is 62.8 Å². The van der Waals surface area contributed by atoms with Gasteiger partial charge in [0.05, 0.1) is 41.9 Å². The minimum atomic E-state index is -4.49. The number of pyridine rings is 2. The van der Waals surface area contributed by atoms with Crippen molar-refractivity contribution in [1.29, 1.82) is 0 Å². The van der Waals surface area contributed by atoms with Gasteiger partial charge in [-0.25, -0.2) is 9.67 Å². The lowest BCUT2D eigenvalue weighted by Gasteiger charge is -2.36. The molecule has 0 N–H and O–H groups in total. The summed E-state index contributed by atoms with van der Waals surface area (Å²) < 4.78 is 46.1. The Bertz CT molecular complexity index is 1360. The maximum Gasteiger partial charge on any atom is 0.416 e. The lowest BCUT2D eigenvalue weighted by Crippen LogP contribution is -2.43. The molecule has 0 saturated carbocycles. The molecule has 0 aromatic carbocycles. The van der Waals surface area contributed by atoms with E-state index in [-0.39, 0.29) is 18.0 Å². The fraction of sp³-hybridized carbons (Fsp3) is 0.429. The van der Waals surface area contributed by atoms with Crippen molar-refractivity contribution in [2.24, 2.45) is 0 Å². The maximum absolute atomic E-state index is 13.1. The molecule has 1 aliphatic carbocycles. The SMILES string of the molecule is Cc1cc(CC(=O)c2cnn(-c3cc(C(F)(F)F)ccn3)c2C)cnc1C1=CCC(N2CCOCC2)CC1. The first-order valence-electron chi connectivity index (χ1n) is 12.8. The molecule has 4 heterocycles. The molecule has 200 valence electrons. The van der Waals surface area contributed by atoms with Crippen molar-refractivity contribution >= 4 is 11.4 Å². The summed E-state index contributed by atoms with van der Waals surface area (Å²) in [4.78, 5) is 24.3. The standard InChI is InChI=1S/C28H30F3N5O2/c1-18-13-20(16-33-27(18)21-3-5-23(6-4-21)35-9-11-38-12-10-35)14-25(37)24-17-34-36(19(24)2)26-15-22(7-8-32-26)28(29,30)31/h3,7-8,13,15-17,23H,4-6,9-12,14H2,1-2H3. The Morgan fingerprint density at radius 1 is 1.13 bits per heavy atom. The summed E-state index contributed by atoms with van der Waals surface area (Å²) in [6, 6.07) is 4.36. The third-order valence-electron chi connectivity index (χ3n) is 7.35. The van der Waals surface area contributed by atoms with E-state index in [1.54, 1.807) is 13.1 Å². The Morgan fingerprint density at radius 2 is 1.92 bits per heavy atom. The van der Waals surface area contributed by atoms with E-state index in [1.807, 2.05) is 13.0 Å². The predicted octanol–water partition coefficient (Wildman–Crippen LogP) is 4.99. The zero-order valence-electron chi connectivity index (χ0n) is 21.5. The number of nitrogens with zero attached hydrogens (tertiary/aromatic N) is 5. The summed E-state index contributed by atoms with van der Waals surface area (Å²) in [6.07, 6.45) is 5.19. The van der Waals surface area contributed by atoms with Crippen molar-refractivity contribution in [1.82, 2.24) is 24.6 Å². The Labute approximate surface area is 219 Å². The molecule has 0 amide bonds. The number of ketones is 1. The number of allylic oxidation sites excluding steroid dienone is 1. The van der Waals surface area contributed by atoms with Gasteiger partial charge < -0.3 is 4.74 Å². The number of carbonyl (C=O) groups excluding carboxylic acids is 1. The smallest absolute Gasteiger partial charge is 0.379 e. The van der Waals surface area contributed by atoms with E-state index in [2.05, 4.69) is 21.1 Å². The number of Topliss-reactive ketones (excluding diaryl/α,β-unsaturated/α-hetero) is 1. The minimum Gasteiger partial charge on any atom is -0.379 e. The number of carbonyl (C=O) groups is 1. The molecule has 1 unspecified atom stereocenters. The normalized spacial score (nSPS) is 18.9. The molecule has 5 rings (SSSR count). The molecule has 0 radical (unpaired) electrons.